The number of amides is 1. The lowest BCUT2D eigenvalue weighted by Crippen LogP contribution is -2.47. The van der Waals surface area contributed by atoms with Crippen molar-refractivity contribution in [2.75, 3.05) is 26.2 Å². The second kappa shape index (κ2) is 7.12. The third-order valence-electron chi connectivity index (χ3n) is 6.71. The Bertz CT molecular complexity index is 798. The van der Waals surface area contributed by atoms with Crippen molar-refractivity contribution in [1.82, 2.24) is 20.0 Å². The van der Waals surface area contributed by atoms with Crippen LogP contribution in [0.4, 0.5) is 0 Å². The van der Waals surface area contributed by atoms with Gasteiger partial charge in [0.15, 0.2) is 0 Å². The molecule has 2 aromatic rings. The number of carbonyl (C=O) groups excluding carboxylic acids is 1. The molecule has 1 amide bonds. The molecule has 3 saturated heterocycles. The highest BCUT2D eigenvalue weighted by molar-refractivity contribution is 5.93. The first kappa shape index (κ1) is 17.0. The van der Waals surface area contributed by atoms with Gasteiger partial charge in [-0.3, -0.25) is 14.8 Å². The Labute approximate surface area is 160 Å². The molecule has 27 heavy (non-hydrogen) atoms. The Morgan fingerprint density at radius 2 is 1.93 bits per heavy atom. The zero-order chi connectivity index (χ0) is 18.2. The number of H-pyrrole nitrogens is 1. The van der Waals surface area contributed by atoms with Gasteiger partial charge in [0.2, 0.25) is 0 Å². The maximum absolute atomic E-state index is 13.1. The van der Waals surface area contributed by atoms with Gasteiger partial charge in [0.1, 0.15) is 5.69 Å². The summed E-state index contributed by atoms with van der Waals surface area (Å²) < 4.78 is 0. The summed E-state index contributed by atoms with van der Waals surface area (Å²) in [6, 6.07) is 12.5. The van der Waals surface area contributed by atoms with Crippen molar-refractivity contribution in [3.63, 3.8) is 0 Å². The minimum absolute atomic E-state index is 0.104. The molecule has 4 heterocycles. The molecule has 0 radical (unpaired) electrons. The Hall–Kier alpha value is -2.14. The van der Waals surface area contributed by atoms with E-state index in [-0.39, 0.29) is 5.91 Å². The number of nitrogens with one attached hydrogen (secondary N) is 1. The van der Waals surface area contributed by atoms with E-state index in [1.54, 1.807) is 0 Å². The van der Waals surface area contributed by atoms with Crippen molar-refractivity contribution >= 4 is 5.91 Å². The molecule has 3 aliphatic heterocycles. The van der Waals surface area contributed by atoms with Gasteiger partial charge < -0.3 is 4.90 Å². The van der Waals surface area contributed by atoms with E-state index in [1.165, 1.54) is 45.2 Å². The van der Waals surface area contributed by atoms with Crippen LogP contribution in [0.15, 0.2) is 36.4 Å². The summed E-state index contributed by atoms with van der Waals surface area (Å²) in [6.45, 7) is 4.16. The Morgan fingerprint density at radius 1 is 1.07 bits per heavy atom. The first-order valence-corrected chi connectivity index (χ1v) is 10.4. The Balaban J connectivity index is 1.30. The number of hydrogen-bond donors (Lipinski definition) is 1. The number of carbonyl (C=O) groups is 1. The van der Waals surface area contributed by atoms with Crippen LogP contribution in [0.25, 0.3) is 11.3 Å². The van der Waals surface area contributed by atoms with Crippen LogP contribution < -0.4 is 0 Å². The molecule has 2 bridgehead atoms. The van der Waals surface area contributed by atoms with Crippen LogP contribution in [0.5, 0.6) is 0 Å². The summed E-state index contributed by atoms with van der Waals surface area (Å²) in [6.07, 6.45) is 6.69. The number of aromatic amines is 1. The molecule has 4 aliphatic rings. The van der Waals surface area contributed by atoms with Crippen molar-refractivity contribution in [2.24, 2.45) is 11.8 Å². The van der Waals surface area contributed by atoms with Crippen molar-refractivity contribution < 1.29 is 4.79 Å². The summed E-state index contributed by atoms with van der Waals surface area (Å²) in [7, 11) is 0. The van der Waals surface area contributed by atoms with E-state index in [4.69, 9.17) is 0 Å². The largest absolute Gasteiger partial charge is 0.335 e. The number of nitrogens with zero attached hydrogens (tertiary/aromatic N) is 3. The summed E-state index contributed by atoms with van der Waals surface area (Å²) in [4.78, 5) is 17.9. The Kier molecular flexibility index (Phi) is 4.48. The predicted octanol–water partition coefficient (Wildman–Crippen LogP) is 3.41. The van der Waals surface area contributed by atoms with Crippen molar-refractivity contribution in [3.05, 3.63) is 42.1 Å². The zero-order valence-corrected chi connectivity index (χ0v) is 15.8. The molecule has 0 unspecified atom stereocenters. The standard InChI is InChI=1S/C22H28N4O/c27-22(21-11-20(23-24-21)18-7-2-1-3-8-18)26-14-17-9-10-19(15-26)25(13-17)12-16-5-4-6-16/h1-3,7-8,11,16-17,19H,4-6,9-10,12-15H2,(H,23,24)/t17-,19-/m1/s1. The molecule has 1 aromatic carbocycles. The summed E-state index contributed by atoms with van der Waals surface area (Å²) in [5, 5.41) is 7.35. The van der Waals surface area contributed by atoms with Crippen molar-refractivity contribution in [3.8, 4) is 11.3 Å². The fourth-order valence-electron chi connectivity index (χ4n) is 4.93. The van der Waals surface area contributed by atoms with E-state index >= 15 is 0 Å². The van der Waals surface area contributed by atoms with Crippen LogP contribution in [0, 0.1) is 11.8 Å². The normalized spacial score (nSPS) is 26.0. The molecule has 1 aromatic heterocycles. The Morgan fingerprint density at radius 3 is 2.70 bits per heavy atom. The fraction of sp³-hybridized carbons (Fsp3) is 0.545. The molecule has 1 saturated carbocycles. The maximum Gasteiger partial charge on any atom is 0.271 e. The van der Waals surface area contributed by atoms with Crippen LogP contribution in [0.2, 0.25) is 0 Å². The van der Waals surface area contributed by atoms with Gasteiger partial charge in [0.25, 0.3) is 5.91 Å². The first-order valence-electron chi connectivity index (χ1n) is 10.4. The van der Waals surface area contributed by atoms with E-state index in [2.05, 4.69) is 20.0 Å². The number of benzene rings is 1. The van der Waals surface area contributed by atoms with Gasteiger partial charge >= 0.3 is 0 Å². The molecule has 5 heteroatoms. The SMILES string of the molecule is O=C(c1cc(-c2ccccc2)n[nH]1)N1C[C@@H]2CC[C@H](C1)N(CC1CCC1)C2. The molecule has 5 nitrogen and oxygen atoms in total. The van der Waals surface area contributed by atoms with E-state index in [0.29, 0.717) is 17.7 Å². The second-order valence-corrected chi connectivity index (χ2v) is 8.59. The lowest BCUT2D eigenvalue weighted by molar-refractivity contribution is 0.0712. The molecule has 6 rings (SSSR count). The predicted molar refractivity (Wildman–Crippen MR) is 105 cm³/mol. The summed E-state index contributed by atoms with van der Waals surface area (Å²) >= 11 is 0. The smallest absolute Gasteiger partial charge is 0.271 e. The van der Waals surface area contributed by atoms with Gasteiger partial charge in [-0.2, -0.15) is 5.10 Å². The third-order valence-corrected chi connectivity index (χ3v) is 6.71. The second-order valence-electron chi connectivity index (χ2n) is 8.59. The minimum atomic E-state index is 0.104. The lowest BCUT2D eigenvalue weighted by Gasteiger charge is -2.40. The average Bonchev–Trinajstić information content (AvgIpc) is 2.99. The van der Waals surface area contributed by atoms with Gasteiger partial charge in [-0.15, -0.1) is 0 Å². The minimum Gasteiger partial charge on any atom is -0.335 e. The highest BCUT2D eigenvalue weighted by Crippen LogP contribution is 2.33. The molecule has 1 N–H and O–H groups in total. The molecule has 0 spiro atoms. The summed E-state index contributed by atoms with van der Waals surface area (Å²) in [5.41, 5.74) is 2.49. The molecule has 1 aliphatic carbocycles. The number of fused-ring (bicyclic) bond motifs is 4. The van der Waals surface area contributed by atoms with Gasteiger partial charge in [-0.05, 0) is 43.6 Å². The molecular weight excluding hydrogens is 336 g/mol. The van der Waals surface area contributed by atoms with Gasteiger partial charge in [0, 0.05) is 37.8 Å². The van der Waals surface area contributed by atoms with Crippen LogP contribution in [0.1, 0.15) is 42.6 Å². The highest BCUT2D eigenvalue weighted by atomic mass is 16.2. The molecular formula is C22H28N4O. The van der Waals surface area contributed by atoms with Gasteiger partial charge in [0.05, 0.1) is 5.69 Å². The molecule has 2 atom stereocenters. The third kappa shape index (κ3) is 3.41. The van der Waals surface area contributed by atoms with Crippen molar-refractivity contribution in [2.45, 2.75) is 38.1 Å². The van der Waals surface area contributed by atoms with Crippen LogP contribution in [-0.2, 0) is 0 Å². The van der Waals surface area contributed by atoms with Gasteiger partial charge in [-0.25, -0.2) is 0 Å². The van der Waals surface area contributed by atoms with Crippen LogP contribution in [0.3, 0.4) is 0 Å². The van der Waals surface area contributed by atoms with Crippen LogP contribution in [-0.4, -0.2) is 58.1 Å². The zero-order valence-electron chi connectivity index (χ0n) is 15.8. The van der Waals surface area contributed by atoms with Gasteiger partial charge in [-0.1, -0.05) is 36.8 Å². The fourth-order valence-corrected chi connectivity index (χ4v) is 4.93. The number of hydrogen-bond acceptors (Lipinski definition) is 3. The number of aromatic nitrogens is 2. The topological polar surface area (TPSA) is 52.2 Å². The van der Waals surface area contributed by atoms with E-state index < -0.39 is 0 Å². The van der Waals surface area contributed by atoms with Crippen LogP contribution >= 0.6 is 0 Å². The number of rotatable bonds is 4. The number of piperidine rings is 1. The quantitative estimate of drug-likeness (QED) is 0.904. The molecule has 142 valence electrons. The monoisotopic (exact) mass is 364 g/mol. The van der Waals surface area contributed by atoms with E-state index in [9.17, 15) is 4.79 Å². The lowest BCUT2D eigenvalue weighted by atomic mass is 9.83. The van der Waals surface area contributed by atoms with E-state index in [1.807, 2.05) is 36.4 Å². The van der Waals surface area contributed by atoms with E-state index in [0.717, 1.165) is 30.3 Å². The van der Waals surface area contributed by atoms with Crippen molar-refractivity contribution in [1.29, 1.82) is 0 Å². The highest BCUT2D eigenvalue weighted by Gasteiger charge is 2.38. The maximum atomic E-state index is 13.1. The average molecular weight is 364 g/mol. The molecule has 4 fully saturated rings. The summed E-state index contributed by atoms with van der Waals surface area (Å²) in [5.74, 6) is 1.62. The first-order chi connectivity index (χ1) is 13.3.